The summed E-state index contributed by atoms with van der Waals surface area (Å²) >= 11 is 0. The Labute approximate surface area is 91.1 Å². The molecule has 0 aromatic rings. The van der Waals surface area contributed by atoms with E-state index < -0.39 is 6.41 Å². The van der Waals surface area contributed by atoms with Gasteiger partial charge in [0.15, 0.2) is 0 Å². The number of nitrogens with zero attached hydrogens (tertiary/aromatic N) is 1. The van der Waals surface area contributed by atoms with Crippen molar-refractivity contribution in [3.63, 3.8) is 0 Å². The third-order valence-electron chi connectivity index (χ3n) is 2.41. The van der Waals surface area contributed by atoms with Gasteiger partial charge in [0.25, 0.3) is 0 Å². The van der Waals surface area contributed by atoms with E-state index in [0.717, 1.165) is 0 Å². The second kappa shape index (κ2) is 4.76. The predicted molar refractivity (Wildman–Crippen MR) is 57.2 cm³/mol. The van der Waals surface area contributed by atoms with Gasteiger partial charge in [0.2, 0.25) is 6.41 Å². The first-order valence-electron chi connectivity index (χ1n) is 5.22. The number of aliphatic hydroxyl groups is 1. The lowest BCUT2D eigenvalue weighted by Crippen LogP contribution is -2.41. The fraction of sp³-hybridized carbons (Fsp3) is 1.00. The van der Waals surface area contributed by atoms with E-state index in [1.165, 1.54) is 0 Å². The summed E-state index contributed by atoms with van der Waals surface area (Å²) in [5.74, 6) is 0. The maximum atomic E-state index is 9.81. The van der Waals surface area contributed by atoms with Gasteiger partial charge < -0.3 is 20.3 Å². The lowest BCUT2D eigenvalue weighted by atomic mass is 10.2. The molecule has 0 saturated carbocycles. The molecule has 3 N–H and O–H groups in total. The van der Waals surface area contributed by atoms with Crippen molar-refractivity contribution in [1.82, 2.24) is 4.90 Å². The molecule has 0 aromatic heterocycles. The zero-order chi connectivity index (χ0) is 11.6. The summed E-state index contributed by atoms with van der Waals surface area (Å²) in [6, 6.07) is -0.0618. The summed E-state index contributed by atoms with van der Waals surface area (Å²) in [7, 11) is 1.63. The molecule has 15 heavy (non-hydrogen) atoms. The van der Waals surface area contributed by atoms with Gasteiger partial charge in [-0.25, -0.2) is 0 Å². The van der Waals surface area contributed by atoms with Crippen molar-refractivity contribution in [2.75, 3.05) is 20.2 Å². The van der Waals surface area contributed by atoms with E-state index in [1.54, 1.807) is 12.0 Å². The molecular formula is C10H22N2O3. The van der Waals surface area contributed by atoms with Crippen LogP contribution in [0.3, 0.4) is 0 Å². The van der Waals surface area contributed by atoms with Crippen molar-refractivity contribution >= 4 is 0 Å². The zero-order valence-corrected chi connectivity index (χ0v) is 9.93. The van der Waals surface area contributed by atoms with E-state index in [1.807, 2.05) is 20.8 Å². The van der Waals surface area contributed by atoms with Crippen molar-refractivity contribution in [1.29, 1.82) is 0 Å². The van der Waals surface area contributed by atoms with Gasteiger partial charge in [0.1, 0.15) is 0 Å². The van der Waals surface area contributed by atoms with Crippen molar-refractivity contribution < 1.29 is 14.6 Å². The molecule has 1 aliphatic heterocycles. The molecule has 5 nitrogen and oxygen atoms in total. The van der Waals surface area contributed by atoms with Crippen LogP contribution in [-0.4, -0.2) is 54.4 Å². The van der Waals surface area contributed by atoms with Gasteiger partial charge in [0, 0.05) is 26.2 Å². The Morgan fingerprint density at radius 2 is 2.00 bits per heavy atom. The monoisotopic (exact) mass is 218 g/mol. The second-order valence-electron chi connectivity index (χ2n) is 4.95. The van der Waals surface area contributed by atoms with Gasteiger partial charge in [-0.1, -0.05) is 0 Å². The smallest absolute Gasteiger partial charge is 0.216 e. The maximum absolute atomic E-state index is 9.81. The molecule has 1 aliphatic rings. The van der Waals surface area contributed by atoms with Gasteiger partial charge in [-0.3, -0.25) is 4.90 Å². The zero-order valence-electron chi connectivity index (χ0n) is 9.93. The summed E-state index contributed by atoms with van der Waals surface area (Å²) in [5, 5.41) is 9.81. The lowest BCUT2D eigenvalue weighted by molar-refractivity contribution is -0.235. The number of aliphatic hydroxyl groups excluding tert-OH is 1. The Kier molecular flexibility index (Phi) is 4.08. The molecule has 1 fully saturated rings. The molecule has 1 rings (SSSR count). The molecule has 90 valence electrons. The molecule has 0 aliphatic carbocycles. The average Bonchev–Trinajstić information content (AvgIpc) is 2.43. The number of nitrogens with two attached hydrogens (primary N) is 1. The number of methoxy groups -OCH3 is 1. The number of hydrogen-bond donors (Lipinski definition) is 2. The lowest BCUT2D eigenvalue weighted by Gasteiger charge is -2.29. The Morgan fingerprint density at radius 3 is 2.40 bits per heavy atom. The van der Waals surface area contributed by atoms with E-state index in [0.29, 0.717) is 13.1 Å². The van der Waals surface area contributed by atoms with Crippen LogP contribution in [0.1, 0.15) is 20.8 Å². The van der Waals surface area contributed by atoms with Crippen molar-refractivity contribution in [3.8, 4) is 0 Å². The molecule has 0 amide bonds. The minimum atomic E-state index is -0.906. The summed E-state index contributed by atoms with van der Waals surface area (Å²) in [6.07, 6.45) is -0.931. The Balaban J connectivity index is 2.46. The Bertz CT molecular complexity index is 205. The Morgan fingerprint density at radius 1 is 1.40 bits per heavy atom. The van der Waals surface area contributed by atoms with Crippen molar-refractivity contribution in [2.24, 2.45) is 5.73 Å². The van der Waals surface area contributed by atoms with Crippen LogP contribution in [0.2, 0.25) is 0 Å². The summed E-state index contributed by atoms with van der Waals surface area (Å²) in [5.41, 5.74) is 5.48. The average molecular weight is 218 g/mol. The van der Waals surface area contributed by atoms with Crippen LogP contribution < -0.4 is 5.73 Å². The summed E-state index contributed by atoms with van der Waals surface area (Å²) in [6.45, 7) is 6.91. The van der Waals surface area contributed by atoms with E-state index in [9.17, 15) is 5.11 Å². The first-order valence-corrected chi connectivity index (χ1v) is 5.22. The van der Waals surface area contributed by atoms with E-state index >= 15 is 0 Å². The minimum absolute atomic E-state index is 0.0248. The number of rotatable bonds is 3. The summed E-state index contributed by atoms with van der Waals surface area (Å²) in [4.78, 5) is 1.78. The van der Waals surface area contributed by atoms with Crippen LogP contribution in [0.4, 0.5) is 0 Å². The third kappa shape index (κ3) is 3.70. The van der Waals surface area contributed by atoms with Gasteiger partial charge in [-0.2, -0.15) is 0 Å². The minimum Gasteiger partial charge on any atom is -0.378 e. The van der Waals surface area contributed by atoms with Gasteiger partial charge in [0.05, 0.1) is 11.7 Å². The number of ether oxygens (including phenoxy) is 2. The maximum Gasteiger partial charge on any atom is 0.216 e. The van der Waals surface area contributed by atoms with Crippen molar-refractivity contribution in [3.05, 3.63) is 0 Å². The van der Waals surface area contributed by atoms with Crippen LogP contribution in [0, 0.1) is 0 Å². The van der Waals surface area contributed by atoms with E-state index in [2.05, 4.69) is 0 Å². The van der Waals surface area contributed by atoms with Crippen molar-refractivity contribution in [2.45, 2.75) is 44.9 Å². The molecule has 0 aromatic carbocycles. The highest BCUT2D eigenvalue weighted by Crippen LogP contribution is 2.18. The van der Waals surface area contributed by atoms with Crippen LogP contribution in [-0.2, 0) is 9.47 Å². The fourth-order valence-electron chi connectivity index (χ4n) is 1.65. The molecule has 5 heteroatoms. The first kappa shape index (κ1) is 12.9. The van der Waals surface area contributed by atoms with Crippen LogP contribution in [0.25, 0.3) is 0 Å². The van der Waals surface area contributed by atoms with Crippen LogP contribution >= 0.6 is 0 Å². The quantitative estimate of drug-likeness (QED) is 0.639. The van der Waals surface area contributed by atoms with Crippen LogP contribution in [0.15, 0.2) is 0 Å². The molecule has 0 bridgehead atoms. The molecule has 0 radical (unpaired) electrons. The predicted octanol–water partition coefficient (Wildman–Crippen LogP) is -0.265. The highest BCUT2D eigenvalue weighted by atomic mass is 16.6. The van der Waals surface area contributed by atoms with Gasteiger partial charge in [-0.15, -0.1) is 0 Å². The third-order valence-corrected chi connectivity index (χ3v) is 2.41. The second-order valence-corrected chi connectivity index (χ2v) is 4.95. The largest absolute Gasteiger partial charge is 0.378 e. The highest BCUT2D eigenvalue weighted by molar-refractivity contribution is 4.87. The summed E-state index contributed by atoms with van der Waals surface area (Å²) < 4.78 is 10.6. The molecule has 1 unspecified atom stereocenters. The van der Waals surface area contributed by atoms with E-state index in [4.69, 9.17) is 15.2 Å². The SMILES string of the molecule is CO[C@@H]1CN(C(O)OC(C)(C)C)C[C@H]1N. The topological polar surface area (TPSA) is 68.0 Å². The first-order chi connectivity index (χ1) is 6.83. The molecule has 1 heterocycles. The van der Waals surface area contributed by atoms with E-state index in [-0.39, 0.29) is 17.7 Å². The molecule has 3 atom stereocenters. The number of hydrogen-bond acceptors (Lipinski definition) is 5. The van der Waals surface area contributed by atoms with Gasteiger partial charge in [-0.05, 0) is 20.8 Å². The molecule has 0 spiro atoms. The molecular weight excluding hydrogens is 196 g/mol. The van der Waals surface area contributed by atoms with Gasteiger partial charge >= 0.3 is 0 Å². The standard InChI is InChI=1S/C10H22N2O3/c1-10(2,3)15-9(13)12-5-7(11)8(6-12)14-4/h7-9,13H,5-6,11H2,1-4H3/t7-,8-,9?/m1/s1. The molecule has 1 saturated heterocycles. The van der Waals surface area contributed by atoms with Crippen LogP contribution in [0.5, 0.6) is 0 Å². The normalized spacial score (nSPS) is 30.8. The number of likely N-dealkylation sites (tertiary alicyclic amines) is 1. The highest BCUT2D eigenvalue weighted by Gasteiger charge is 2.35. The fourth-order valence-corrected chi connectivity index (χ4v) is 1.65. The Hall–Kier alpha value is -0.200.